The molecule has 0 heterocycles. The van der Waals surface area contributed by atoms with Crippen LogP contribution < -0.4 is 26.0 Å². The van der Waals surface area contributed by atoms with E-state index in [0.29, 0.717) is 11.1 Å². The first-order valence-electron chi connectivity index (χ1n) is 12.7. The van der Waals surface area contributed by atoms with E-state index in [1.807, 2.05) is 0 Å². The Kier molecular flexibility index (Phi) is 15.6. The van der Waals surface area contributed by atoms with E-state index < -0.39 is 68.4 Å². The quantitative estimate of drug-likeness (QED) is 0.189. The molecule has 4 amide bonds. The number of alkyl halides is 3. The number of amides is 4. The molecule has 0 aliphatic heterocycles. The average Bonchev–Trinajstić information content (AvgIpc) is 2.90. The van der Waals surface area contributed by atoms with Crippen molar-refractivity contribution in [3.63, 3.8) is 0 Å². The Labute approximate surface area is 236 Å². The maximum Gasteiger partial charge on any atom is 0.573 e. The van der Waals surface area contributed by atoms with E-state index in [-0.39, 0.29) is 12.8 Å². The normalized spacial score (nSPS) is 11.2. The van der Waals surface area contributed by atoms with Gasteiger partial charge in [0.25, 0.3) is 0 Å². The molecular formula is C26H34BF3N4O7. The largest absolute Gasteiger partial charge is 0.573 e. The summed E-state index contributed by atoms with van der Waals surface area (Å²) in [5.41, 5.74) is 1.09. The molecule has 0 bridgehead atoms. The minimum atomic E-state index is -4.84. The van der Waals surface area contributed by atoms with Gasteiger partial charge in [-0.25, -0.2) is 0 Å². The lowest BCUT2D eigenvalue weighted by Crippen LogP contribution is -2.52. The second kappa shape index (κ2) is 18.3. The van der Waals surface area contributed by atoms with Crippen molar-refractivity contribution in [3.8, 4) is 5.75 Å². The Hall–Kier alpha value is -4.11. The molecule has 0 aliphatic carbocycles. The first kappa shape index (κ1) is 34.9. The highest BCUT2D eigenvalue weighted by Crippen LogP contribution is 2.22. The minimum Gasteiger partial charge on any atom is -0.426 e. The van der Waals surface area contributed by atoms with Gasteiger partial charge in [0.2, 0.25) is 23.6 Å². The highest BCUT2D eigenvalue weighted by molar-refractivity contribution is 6.41. The van der Waals surface area contributed by atoms with Crippen LogP contribution in [0.15, 0.2) is 54.6 Å². The minimum absolute atomic E-state index is 0.0790. The number of nitrogens with one attached hydrogen (secondary N) is 4. The molecule has 0 aromatic heterocycles. The molecule has 6 N–H and O–H groups in total. The number of hydrogen-bond acceptors (Lipinski definition) is 7. The van der Waals surface area contributed by atoms with E-state index in [4.69, 9.17) is 10.0 Å². The number of carbonyl (C=O) groups excluding carboxylic acids is 4. The Morgan fingerprint density at radius 3 is 1.98 bits per heavy atom. The van der Waals surface area contributed by atoms with Gasteiger partial charge in [0, 0.05) is 6.42 Å². The molecule has 2 aromatic carbocycles. The van der Waals surface area contributed by atoms with Gasteiger partial charge in [-0.3, -0.25) is 19.2 Å². The topological polar surface area (TPSA) is 166 Å². The predicted octanol–water partition coefficient (Wildman–Crippen LogP) is 0.632. The lowest BCUT2D eigenvalue weighted by Gasteiger charge is -2.19. The van der Waals surface area contributed by atoms with Gasteiger partial charge in [-0.05, 0) is 23.3 Å². The third-order valence-electron chi connectivity index (χ3n) is 4.81. The number of ether oxygens (including phenoxy) is 1. The highest BCUT2D eigenvalue weighted by Gasteiger charge is 2.31. The summed E-state index contributed by atoms with van der Waals surface area (Å²) in [5, 5.41) is 27.0. The molecule has 2 aromatic rings. The molecule has 0 spiro atoms. The molecular weight excluding hydrogens is 548 g/mol. The number of hydrogen-bond donors (Lipinski definition) is 6. The van der Waals surface area contributed by atoms with Crippen molar-refractivity contribution < 1.29 is 47.1 Å². The number of carbonyl (C=O) groups is 4. The molecule has 2 rings (SSSR count). The molecule has 11 nitrogen and oxygen atoms in total. The highest BCUT2D eigenvalue weighted by atomic mass is 19.4. The Balaban J connectivity index is 0.00000268. The molecule has 0 radical (unpaired) electrons. The summed E-state index contributed by atoms with van der Waals surface area (Å²) in [7, 11) is -1.75. The second-order valence-electron chi connectivity index (χ2n) is 8.66. The summed E-state index contributed by atoms with van der Waals surface area (Å²) in [6, 6.07) is 12.3. The van der Waals surface area contributed by atoms with E-state index in [0.717, 1.165) is 12.1 Å². The first-order valence-corrected chi connectivity index (χ1v) is 12.7. The molecule has 0 aliphatic rings. The van der Waals surface area contributed by atoms with Gasteiger partial charge in [0.1, 0.15) is 11.8 Å². The second-order valence-corrected chi connectivity index (χ2v) is 8.66. The summed E-state index contributed by atoms with van der Waals surface area (Å²) in [4.78, 5) is 49.0. The number of rotatable bonds is 13. The van der Waals surface area contributed by atoms with Gasteiger partial charge in [-0.1, -0.05) is 62.7 Å². The van der Waals surface area contributed by atoms with Crippen LogP contribution in [-0.2, 0) is 32.0 Å². The molecule has 1 unspecified atom stereocenters. The molecule has 1 atom stereocenters. The van der Waals surface area contributed by atoms with Gasteiger partial charge >= 0.3 is 13.5 Å². The zero-order valence-corrected chi connectivity index (χ0v) is 22.7. The predicted molar refractivity (Wildman–Crippen MR) is 144 cm³/mol. The fourth-order valence-corrected chi connectivity index (χ4v) is 3.10. The van der Waals surface area contributed by atoms with Crippen LogP contribution in [0, 0.1) is 0 Å². The van der Waals surface area contributed by atoms with Crippen LogP contribution in [0.1, 0.15) is 31.4 Å². The molecule has 224 valence electrons. The van der Waals surface area contributed by atoms with Crippen molar-refractivity contribution in [1.82, 2.24) is 21.3 Å². The van der Waals surface area contributed by atoms with Gasteiger partial charge in [0.15, 0.2) is 0 Å². The summed E-state index contributed by atoms with van der Waals surface area (Å²) in [6.45, 7) is 3.29. The summed E-state index contributed by atoms with van der Waals surface area (Å²) < 4.78 is 40.5. The monoisotopic (exact) mass is 582 g/mol. The molecule has 0 fully saturated rings. The number of benzene rings is 2. The van der Waals surface area contributed by atoms with Crippen LogP contribution in [0.4, 0.5) is 13.2 Å². The standard InChI is InChI=1S/C23H26BF3N4O7.C3H8/c25-23(26,27)38-17-8-6-16(7-9-17)11-19(32)28-13-21(34)31-18(10-15-4-2-1-3-5-15)22(35)29-12-20(33)30-14-24(36)37;1-3-2/h1-9,18,36-37H,10-14H2,(H,28,32)(H,29,35)(H,30,33)(H,31,34);3H2,1-2H3. The lowest BCUT2D eigenvalue weighted by molar-refractivity contribution is -0.274. The van der Waals surface area contributed by atoms with Crippen molar-refractivity contribution >= 4 is 30.7 Å². The Morgan fingerprint density at radius 1 is 0.829 bits per heavy atom. The fraction of sp³-hybridized carbons (Fsp3) is 0.385. The van der Waals surface area contributed by atoms with Gasteiger partial charge in [-0.15, -0.1) is 13.2 Å². The van der Waals surface area contributed by atoms with E-state index in [9.17, 15) is 32.3 Å². The van der Waals surface area contributed by atoms with Crippen LogP contribution >= 0.6 is 0 Å². The van der Waals surface area contributed by atoms with Gasteiger partial charge in [-0.2, -0.15) is 0 Å². The van der Waals surface area contributed by atoms with Crippen LogP contribution in [0.2, 0.25) is 0 Å². The third-order valence-corrected chi connectivity index (χ3v) is 4.81. The Bertz CT molecular complexity index is 1100. The van der Waals surface area contributed by atoms with Crippen molar-refractivity contribution in [2.45, 2.75) is 45.5 Å². The van der Waals surface area contributed by atoms with E-state index in [1.54, 1.807) is 30.3 Å². The first-order chi connectivity index (χ1) is 19.3. The van der Waals surface area contributed by atoms with Crippen LogP contribution in [0.5, 0.6) is 5.75 Å². The SMILES string of the molecule is CCC.O=C(CNC(=O)C(Cc1ccccc1)NC(=O)CNC(=O)Cc1ccc(OC(F)(F)F)cc1)NCB(O)O. The smallest absolute Gasteiger partial charge is 0.426 e. The summed E-state index contributed by atoms with van der Waals surface area (Å²) in [5.74, 6) is -3.09. The zero-order valence-electron chi connectivity index (χ0n) is 22.7. The molecule has 0 saturated heterocycles. The maximum absolute atomic E-state index is 12.6. The summed E-state index contributed by atoms with van der Waals surface area (Å²) in [6.07, 6.45) is -4.15. The zero-order chi connectivity index (χ0) is 30.8. The Morgan fingerprint density at radius 2 is 1.41 bits per heavy atom. The van der Waals surface area contributed by atoms with Crippen LogP contribution in [-0.4, -0.2) is 72.7 Å². The third kappa shape index (κ3) is 16.6. The van der Waals surface area contributed by atoms with E-state index in [2.05, 4.69) is 39.9 Å². The summed E-state index contributed by atoms with van der Waals surface area (Å²) >= 11 is 0. The van der Waals surface area contributed by atoms with E-state index in [1.165, 1.54) is 18.6 Å². The van der Waals surface area contributed by atoms with Crippen LogP contribution in [0.25, 0.3) is 0 Å². The fourth-order valence-electron chi connectivity index (χ4n) is 3.10. The van der Waals surface area contributed by atoms with Crippen molar-refractivity contribution in [2.75, 3.05) is 19.5 Å². The molecule has 15 heteroatoms. The van der Waals surface area contributed by atoms with Gasteiger partial charge in [0.05, 0.1) is 26.0 Å². The van der Waals surface area contributed by atoms with Crippen molar-refractivity contribution in [2.24, 2.45) is 0 Å². The lowest BCUT2D eigenvalue weighted by atomic mass is 9.92. The maximum atomic E-state index is 12.6. The molecule has 0 saturated carbocycles. The van der Waals surface area contributed by atoms with E-state index >= 15 is 0 Å². The van der Waals surface area contributed by atoms with Crippen molar-refractivity contribution in [3.05, 3.63) is 65.7 Å². The number of halogens is 3. The molecule has 41 heavy (non-hydrogen) atoms. The van der Waals surface area contributed by atoms with Crippen LogP contribution in [0.3, 0.4) is 0 Å². The van der Waals surface area contributed by atoms with Gasteiger partial charge < -0.3 is 36.1 Å². The average molecular weight is 582 g/mol. The van der Waals surface area contributed by atoms with Crippen molar-refractivity contribution in [1.29, 1.82) is 0 Å².